The molecule has 0 bridgehead atoms. The summed E-state index contributed by atoms with van der Waals surface area (Å²) in [4.78, 5) is 23.9. The topological polar surface area (TPSA) is 77.8 Å². The van der Waals surface area contributed by atoms with Gasteiger partial charge in [0.15, 0.2) is 0 Å². The monoisotopic (exact) mass is 482 g/mol. The van der Waals surface area contributed by atoms with Crippen LogP contribution in [0.4, 0.5) is 0 Å². The fraction of sp³-hybridized carbons (Fsp3) is 0.462. The van der Waals surface area contributed by atoms with Gasteiger partial charge < -0.3 is 0 Å². The van der Waals surface area contributed by atoms with Crippen molar-refractivity contribution in [1.29, 1.82) is 0 Å². The zero-order valence-corrected chi connectivity index (χ0v) is 18.0. The molecule has 4 nitrogen and oxygen atoms in total. The molecule has 19 heavy (non-hydrogen) atoms. The van der Waals surface area contributed by atoms with Gasteiger partial charge in [0.25, 0.3) is 0 Å². The number of aromatic hydroxyl groups is 2. The summed E-state index contributed by atoms with van der Waals surface area (Å²) in [6.45, 7) is 0. The molecular weight excluding hydrogens is 458 g/mol. The number of phenolic OH excluding ortho intramolecular Hbond substituents is 1. The first-order chi connectivity index (χ1) is 8.37. The number of benzene rings is 1. The van der Waals surface area contributed by atoms with Gasteiger partial charge in [-0.15, -0.1) is 0 Å². The van der Waals surface area contributed by atoms with Crippen molar-refractivity contribution in [3.8, 4) is 11.5 Å². The minimum absolute atomic E-state index is 0.0971. The van der Waals surface area contributed by atoms with E-state index in [1.807, 2.05) is 14.8 Å². The van der Waals surface area contributed by atoms with Gasteiger partial charge in [-0.05, 0) is 0 Å². The molecule has 0 aromatic heterocycles. The Morgan fingerprint density at radius 1 is 1.00 bits per heavy atom. The molecule has 0 aliphatic rings. The van der Waals surface area contributed by atoms with Crippen molar-refractivity contribution in [1.82, 2.24) is 0 Å². The molecule has 0 saturated heterocycles. The fourth-order valence-corrected chi connectivity index (χ4v) is 12.4. The molecule has 0 heterocycles. The zero-order valence-electron chi connectivity index (χ0n) is 12.3. The van der Waals surface area contributed by atoms with Crippen LogP contribution < -0.4 is 7.16 Å². The molecule has 0 amide bonds. The maximum atomic E-state index is 11.4. The third kappa shape index (κ3) is 3.51. The van der Waals surface area contributed by atoms with Gasteiger partial charge in [-0.25, -0.2) is 0 Å². The Hall–Kier alpha value is -0.113. The van der Waals surface area contributed by atoms with Crippen molar-refractivity contribution in [2.75, 3.05) is 0 Å². The summed E-state index contributed by atoms with van der Waals surface area (Å²) < 4.78 is 1.34. The first-order valence-corrected chi connectivity index (χ1v) is 26.2. The van der Waals surface area contributed by atoms with Gasteiger partial charge in [0.2, 0.25) is 0 Å². The van der Waals surface area contributed by atoms with Crippen LogP contribution in [0.3, 0.4) is 0 Å². The second-order valence-corrected chi connectivity index (χ2v) is 35.5. The quantitative estimate of drug-likeness (QED) is 0.457. The van der Waals surface area contributed by atoms with Crippen LogP contribution in [0, 0.1) is 0 Å². The third-order valence-corrected chi connectivity index (χ3v) is 14.4. The number of hydrogen-bond acceptors (Lipinski definition) is 3. The number of carboxylic acid groups (broad SMARTS) is 1. The summed E-state index contributed by atoms with van der Waals surface area (Å²) in [5.41, 5.74) is -0.0971. The van der Waals surface area contributed by atoms with Crippen molar-refractivity contribution in [2.45, 2.75) is 29.6 Å². The molecule has 0 aliphatic carbocycles. The molecule has 0 unspecified atom stereocenters. The van der Waals surface area contributed by atoms with E-state index in [1.54, 1.807) is 0 Å². The Labute approximate surface area is 122 Å². The van der Waals surface area contributed by atoms with E-state index in [4.69, 9.17) is 0 Å². The summed E-state index contributed by atoms with van der Waals surface area (Å²) in [7, 11) is 0. The van der Waals surface area contributed by atoms with Gasteiger partial charge in [-0.2, -0.15) is 0 Å². The van der Waals surface area contributed by atoms with Crippen LogP contribution in [0.5, 0.6) is 11.5 Å². The number of carboxylic acids is 1. The molecule has 3 N–H and O–H groups in total. The molecular formula is C13H22O4Sn2. The summed E-state index contributed by atoms with van der Waals surface area (Å²) in [6, 6.07) is 1.47. The molecule has 0 fully saturated rings. The molecule has 0 saturated carbocycles. The molecule has 106 valence electrons. The van der Waals surface area contributed by atoms with Crippen molar-refractivity contribution >= 4 is 49.9 Å². The van der Waals surface area contributed by atoms with E-state index in [0.29, 0.717) is 3.58 Å². The maximum absolute atomic E-state index is 11.4. The van der Waals surface area contributed by atoms with Crippen molar-refractivity contribution in [3.63, 3.8) is 0 Å². The van der Waals surface area contributed by atoms with E-state index in [9.17, 15) is 20.1 Å². The van der Waals surface area contributed by atoms with Crippen LogP contribution >= 0.6 is 0 Å². The standard InChI is InChI=1S/C7H4O4.6CH3.2Sn/c8-4-1-2-6(9)5(3-4)7(10)11;;;;;;;;/h2,8-9H,(H,10,11);6*1H3;;. The zero-order chi connectivity index (χ0) is 15.2. The Kier molecular flexibility index (Phi) is 4.77. The molecule has 0 atom stereocenters. The molecule has 1 aromatic rings. The minimum atomic E-state index is -2.87. The van der Waals surface area contributed by atoms with Crippen LogP contribution in [0.2, 0.25) is 29.6 Å². The first-order valence-electron chi connectivity index (χ1n) is 6.20. The van der Waals surface area contributed by atoms with E-state index >= 15 is 0 Å². The SMILES string of the molecule is [CH3][Sn]([CH3])([CH3])[c]1cc(O)c(C(=O)O)[c]([Sn]([CH3])([CH3])[CH3])c1O. The molecule has 1 rings (SSSR count). The van der Waals surface area contributed by atoms with Crippen LogP contribution in [-0.4, -0.2) is 58.0 Å². The van der Waals surface area contributed by atoms with E-state index in [2.05, 4.69) is 14.8 Å². The average Bonchev–Trinajstić information content (AvgIpc) is 2.16. The van der Waals surface area contributed by atoms with E-state index in [-0.39, 0.29) is 17.1 Å². The van der Waals surface area contributed by atoms with Crippen LogP contribution in [0.25, 0.3) is 0 Å². The molecule has 1 aromatic carbocycles. The van der Waals surface area contributed by atoms with Gasteiger partial charge in [-0.3, -0.25) is 0 Å². The number of rotatable bonds is 3. The first kappa shape index (κ1) is 16.9. The number of aromatic carboxylic acids is 1. The fourth-order valence-electron chi connectivity index (χ4n) is 2.18. The molecule has 0 radical (unpaired) electrons. The summed E-state index contributed by atoms with van der Waals surface area (Å²) in [5.74, 6) is -1.22. The van der Waals surface area contributed by atoms with Gasteiger partial charge in [0.05, 0.1) is 0 Å². The Balaban J connectivity index is 3.84. The Morgan fingerprint density at radius 2 is 1.47 bits per heavy atom. The van der Waals surface area contributed by atoms with E-state index in [0.717, 1.165) is 3.58 Å². The van der Waals surface area contributed by atoms with Gasteiger partial charge in [0, 0.05) is 0 Å². The van der Waals surface area contributed by atoms with Crippen molar-refractivity contribution in [2.24, 2.45) is 0 Å². The third-order valence-electron chi connectivity index (χ3n) is 3.05. The Morgan fingerprint density at radius 3 is 1.79 bits per heavy atom. The normalized spacial score (nSPS) is 12.5. The second-order valence-electron chi connectivity index (χ2n) is 6.85. The predicted molar refractivity (Wildman–Crippen MR) is 82.7 cm³/mol. The predicted octanol–water partition coefficient (Wildman–Crippen LogP) is 1.89. The second kappa shape index (κ2) is 5.35. The van der Waals surface area contributed by atoms with E-state index in [1.165, 1.54) is 6.07 Å². The molecule has 6 heteroatoms. The van der Waals surface area contributed by atoms with Gasteiger partial charge in [-0.1, -0.05) is 0 Å². The summed E-state index contributed by atoms with van der Waals surface area (Å²) >= 11 is -5.48. The molecule has 0 spiro atoms. The number of carbonyl (C=O) groups is 1. The van der Waals surface area contributed by atoms with Crippen molar-refractivity contribution in [3.05, 3.63) is 11.6 Å². The van der Waals surface area contributed by atoms with Gasteiger partial charge in [0.1, 0.15) is 0 Å². The summed E-state index contributed by atoms with van der Waals surface area (Å²) in [6.07, 6.45) is 0. The number of phenols is 2. The van der Waals surface area contributed by atoms with Crippen LogP contribution in [-0.2, 0) is 0 Å². The average molecular weight is 480 g/mol. The Bertz CT molecular complexity index is 525. The van der Waals surface area contributed by atoms with E-state index < -0.39 is 42.7 Å². The van der Waals surface area contributed by atoms with Crippen molar-refractivity contribution < 1.29 is 20.1 Å². The number of hydrogen-bond donors (Lipinski definition) is 3. The van der Waals surface area contributed by atoms with Crippen LogP contribution in [0.1, 0.15) is 10.4 Å². The summed E-state index contributed by atoms with van der Waals surface area (Å²) in [5, 5.41) is 29.9. The van der Waals surface area contributed by atoms with Gasteiger partial charge >= 0.3 is 123 Å². The molecule has 0 aliphatic heterocycles. The van der Waals surface area contributed by atoms with Crippen LogP contribution in [0.15, 0.2) is 6.07 Å².